The Hall–Kier alpha value is -2.95. The van der Waals surface area contributed by atoms with E-state index in [0.717, 1.165) is 17.5 Å². The van der Waals surface area contributed by atoms with Crippen LogP contribution in [0.3, 0.4) is 0 Å². The second kappa shape index (κ2) is 5.30. The SMILES string of the molecule is C[C@H]1Cc2cccc3c(=O)c(C(=O)Nc4cccc(F)c4)cn1c23. The Bertz CT molecular complexity index is 1040. The Morgan fingerprint density at radius 2 is 2.04 bits per heavy atom. The lowest BCUT2D eigenvalue weighted by Gasteiger charge is -2.12. The summed E-state index contributed by atoms with van der Waals surface area (Å²) in [6.45, 7) is 2.05. The van der Waals surface area contributed by atoms with Crippen molar-refractivity contribution >= 4 is 22.5 Å². The van der Waals surface area contributed by atoms with E-state index < -0.39 is 11.7 Å². The average molecular weight is 322 g/mol. The Kier molecular flexibility index (Phi) is 3.23. The minimum atomic E-state index is -0.527. The second-order valence-corrected chi connectivity index (χ2v) is 6.11. The number of rotatable bonds is 2. The number of anilines is 1. The van der Waals surface area contributed by atoms with Crippen molar-refractivity contribution in [2.24, 2.45) is 0 Å². The summed E-state index contributed by atoms with van der Waals surface area (Å²) < 4.78 is 15.2. The molecule has 1 atom stereocenters. The van der Waals surface area contributed by atoms with Gasteiger partial charge in [-0.2, -0.15) is 0 Å². The highest BCUT2D eigenvalue weighted by atomic mass is 19.1. The molecule has 1 N–H and O–H groups in total. The molecule has 1 aromatic heterocycles. The van der Waals surface area contributed by atoms with Gasteiger partial charge in [0, 0.05) is 23.3 Å². The molecule has 5 heteroatoms. The van der Waals surface area contributed by atoms with Crippen LogP contribution in [0.1, 0.15) is 28.9 Å². The van der Waals surface area contributed by atoms with E-state index in [1.807, 2.05) is 16.7 Å². The molecule has 0 fully saturated rings. The highest BCUT2D eigenvalue weighted by Gasteiger charge is 2.24. The fourth-order valence-electron chi connectivity index (χ4n) is 3.34. The fourth-order valence-corrected chi connectivity index (χ4v) is 3.34. The zero-order chi connectivity index (χ0) is 16.8. The molecular weight excluding hydrogens is 307 g/mol. The van der Waals surface area contributed by atoms with E-state index >= 15 is 0 Å². The van der Waals surface area contributed by atoms with Gasteiger partial charge in [0.2, 0.25) is 5.43 Å². The van der Waals surface area contributed by atoms with Crippen LogP contribution in [0, 0.1) is 5.82 Å². The lowest BCUT2D eigenvalue weighted by molar-refractivity contribution is 0.102. The summed E-state index contributed by atoms with van der Waals surface area (Å²) in [5.41, 5.74) is 2.11. The number of para-hydroxylation sites is 1. The predicted molar refractivity (Wildman–Crippen MR) is 91.0 cm³/mol. The van der Waals surface area contributed by atoms with Crippen molar-refractivity contribution in [1.29, 1.82) is 0 Å². The topological polar surface area (TPSA) is 51.1 Å². The van der Waals surface area contributed by atoms with Gasteiger partial charge in [-0.05, 0) is 43.2 Å². The van der Waals surface area contributed by atoms with Gasteiger partial charge >= 0.3 is 0 Å². The lowest BCUT2D eigenvalue weighted by atomic mass is 10.1. The number of hydrogen-bond donors (Lipinski definition) is 1. The van der Waals surface area contributed by atoms with Crippen LogP contribution >= 0.6 is 0 Å². The molecule has 0 saturated carbocycles. The summed E-state index contributed by atoms with van der Waals surface area (Å²) in [5.74, 6) is -0.972. The van der Waals surface area contributed by atoms with E-state index in [1.54, 1.807) is 18.3 Å². The Labute approximate surface area is 137 Å². The number of hydrogen-bond acceptors (Lipinski definition) is 2. The normalized spacial score (nSPS) is 15.7. The molecule has 24 heavy (non-hydrogen) atoms. The van der Waals surface area contributed by atoms with Crippen LogP contribution in [0.2, 0.25) is 0 Å². The number of aromatic nitrogens is 1. The molecule has 0 bridgehead atoms. The van der Waals surface area contributed by atoms with Crippen molar-refractivity contribution in [1.82, 2.24) is 4.57 Å². The number of carbonyl (C=O) groups excluding carboxylic acids is 1. The van der Waals surface area contributed by atoms with Crippen molar-refractivity contribution in [2.45, 2.75) is 19.4 Å². The number of nitrogens with one attached hydrogen (secondary N) is 1. The molecule has 4 nitrogen and oxygen atoms in total. The van der Waals surface area contributed by atoms with Crippen LogP contribution in [0.25, 0.3) is 10.9 Å². The van der Waals surface area contributed by atoms with Crippen molar-refractivity contribution in [3.63, 3.8) is 0 Å². The molecule has 120 valence electrons. The first-order valence-corrected chi connectivity index (χ1v) is 7.78. The molecule has 0 spiro atoms. The van der Waals surface area contributed by atoms with Crippen LogP contribution in [0.4, 0.5) is 10.1 Å². The molecule has 3 aromatic rings. The van der Waals surface area contributed by atoms with Gasteiger partial charge < -0.3 is 9.88 Å². The molecule has 2 aromatic carbocycles. The first-order chi connectivity index (χ1) is 11.5. The quantitative estimate of drug-likeness (QED) is 0.785. The highest BCUT2D eigenvalue weighted by Crippen LogP contribution is 2.30. The number of nitrogens with zero attached hydrogens (tertiary/aromatic N) is 1. The summed E-state index contributed by atoms with van der Waals surface area (Å²) in [6.07, 6.45) is 2.45. The predicted octanol–water partition coefficient (Wildman–Crippen LogP) is 3.51. The minimum Gasteiger partial charge on any atom is -0.343 e. The third kappa shape index (κ3) is 2.21. The number of benzene rings is 2. The molecule has 1 amide bonds. The van der Waals surface area contributed by atoms with E-state index in [-0.39, 0.29) is 17.0 Å². The molecule has 2 heterocycles. The lowest BCUT2D eigenvalue weighted by Crippen LogP contribution is -2.23. The highest BCUT2D eigenvalue weighted by molar-refractivity contribution is 6.06. The smallest absolute Gasteiger partial charge is 0.261 e. The number of amides is 1. The van der Waals surface area contributed by atoms with Gasteiger partial charge in [0.25, 0.3) is 5.91 Å². The van der Waals surface area contributed by atoms with Gasteiger partial charge in [0.05, 0.1) is 5.52 Å². The molecule has 0 saturated heterocycles. The largest absolute Gasteiger partial charge is 0.343 e. The van der Waals surface area contributed by atoms with Gasteiger partial charge in [0.1, 0.15) is 11.4 Å². The zero-order valence-corrected chi connectivity index (χ0v) is 13.0. The molecule has 1 aliphatic rings. The standard InChI is InChI=1S/C19H15FN2O2/c1-11-8-12-4-2-7-15-17(12)22(11)10-16(18(15)23)19(24)21-14-6-3-5-13(20)9-14/h2-7,9-11H,8H2,1H3,(H,21,24)/t11-/m0/s1. The summed E-state index contributed by atoms with van der Waals surface area (Å²) in [5, 5.41) is 3.14. The maximum Gasteiger partial charge on any atom is 0.261 e. The van der Waals surface area contributed by atoms with Crippen LogP contribution < -0.4 is 10.7 Å². The van der Waals surface area contributed by atoms with E-state index in [1.165, 1.54) is 18.2 Å². The monoisotopic (exact) mass is 322 g/mol. The summed E-state index contributed by atoms with van der Waals surface area (Å²) >= 11 is 0. The van der Waals surface area contributed by atoms with Crippen LogP contribution in [0.15, 0.2) is 53.5 Å². The van der Waals surface area contributed by atoms with Crippen molar-refractivity contribution in [3.05, 3.63) is 75.8 Å². The number of pyridine rings is 1. The van der Waals surface area contributed by atoms with Crippen molar-refractivity contribution in [3.8, 4) is 0 Å². The summed E-state index contributed by atoms with van der Waals surface area (Å²) in [4.78, 5) is 25.3. The third-order valence-electron chi connectivity index (χ3n) is 4.45. The molecule has 0 radical (unpaired) electrons. The molecule has 4 rings (SSSR count). The number of halogens is 1. The molecule has 0 aliphatic carbocycles. The maximum absolute atomic E-state index is 13.3. The summed E-state index contributed by atoms with van der Waals surface area (Å²) in [7, 11) is 0. The first-order valence-electron chi connectivity index (χ1n) is 7.78. The fraction of sp³-hybridized carbons (Fsp3) is 0.158. The van der Waals surface area contributed by atoms with Crippen LogP contribution in [-0.4, -0.2) is 10.5 Å². The van der Waals surface area contributed by atoms with Gasteiger partial charge in [-0.15, -0.1) is 0 Å². The van der Waals surface area contributed by atoms with E-state index in [2.05, 4.69) is 12.2 Å². The van der Waals surface area contributed by atoms with E-state index in [9.17, 15) is 14.0 Å². The zero-order valence-electron chi connectivity index (χ0n) is 13.0. The van der Waals surface area contributed by atoms with Crippen LogP contribution in [0.5, 0.6) is 0 Å². The molecule has 1 aliphatic heterocycles. The van der Waals surface area contributed by atoms with Gasteiger partial charge in [-0.3, -0.25) is 9.59 Å². The minimum absolute atomic E-state index is 0.0673. The van der Waals surface area contributed by atoms with Gasteiger partial charge in [-0.25, -0.2) is 4.39 Å². The third-order valence-corrected chi connectivity index (χ3v) is 4.45. The summed E-state index contributed by atoms with van der Waals surface area (Å²) in [6, 6.07) is 11.4. The van der Waals surface area contributed by atoms with Crippen LogP contribution in [-0.2, 0) is 6.42 Å². The average Bonchev–Trinajstić information content (AvgIpc) is 2.87. The van der Waals surface area contributed by atoms with E-state index in [0.29, 0.717) is 11.1 Å². The molecule has 0 unspecified atom stereocenters. The molecular formula is C19H15FN2O2. The Balaban J connectivity index is 1.82. The van der Waals surface area contributed by atoms with Crippen molar-refractivity contribution in [2.75, 3.05) is 5.32 Å². The Morgan fingerprint density at radius 1 is 1.25 bits per heavy atom. The van der Waals surface area contributed by atoms with Gasteiger partial charge in [-0.1, -0.05) is 18.2 Å². The van der Waals surface area contributed by atoms with Gasteiger partial charge in [0.15, 0.2) is 0 Å². The Morgan fingerprint density at radius 3 is 2.83 bits per heavy atom. The van der Waals surface area contributed by atoms with E-state index in [4.69, 9.17) is 0 Å². The first kappa shape index (κ1) is 14.6. The maximum atomic E-state index is 13.3. The van der Waals surface area contributed by atoms with Crippen molar-refractivity contribution < 1.29 is 9.18 Å². The number of carbonyl (C=O) groups is 1. The second-order valence-electron chi connectivity index (χ2n) is 6.11.